The van der Waals surface area contributed by atoms with Crippen molar-refractivity contribution in [3.8, 4) is 11.5 Å². The summed E-state index contributed by atoms with van der Waals surface area (Å²) in [5.74, 6) is 0.485. The van der Waals surface area contributed by atoms with Crippen LogP contribution in [0.3, 0.4) is 0 Å². The van der Waals surface area contributed by atoms with Gasteiger partial charge in [0.2, 0.25) is 0 Å². The van der Waals surface area contributed by atoms with Crippen LogP contribution >= 0.6 is 11.6 Å². The summed E-state index contributed by atoms with van der Waals surface area (Å²) in [6, 6.07) is 15.1. The lowest BCUT2D eigenvalue weighted by atomic mass is 10.1. The Hall–Kier alpha value is -3.05. The van der Waals surface area contributed by atoms with Gasteiger partial charge in [-0.2, -0.15) is 0 Å². The number of aryl methyl sites for hydroxylation is 2. The predicted octanol–water partition coefficient (Wildman–Crippen LogP) is 5.94. The van der Waals surface area contributed by atoms with E-state index in [9.17, 15) is 9.18 Å². The lowest BCUT2D eigenvalue weighted by molar-refractivity contribution is 0.102. The number of ether oxygens (including phenoxy) is 2. The van der Waals surface area contributed by atoms with E-state index in [1.54, 1.807) is 25.3 Å². The Morgan fingerprint density at radius 3 is 2.41 bits per heavy atom. The highest BCUT2D eigenvalue weighted by Crippen LogP contribution is 2.25. The Labute approximate surface area is 174 Å². The molecule has 0 bridgehead atoms. The van der Waals surface area contributed by atoms with Crippen molar-refractivity contribution in [2.75, 3.05) is 12.4 Å². The molecule has 0 aromatic heterocycles. The second kappa shape index (κ2) is 8.97. The summed E-state index contributed by atoms with van der Waals surface area (Å²) < 4.78 is 24.6. The molecule has 0 heterocycles. The van der Waals surface area contributed by atoms with Gasteiger partial charge in [-0.05, 0) is 73.5 Å². The van der Waals surface area contributed by atoms with Crippen LogP contribution in [0.4, 0.5) is 10.1 Å². The van der Waals surface area contributed by atoms with E-state index in [1.807, 2.05) is 26.0 Å². The molecule has 0 spiro atoms. The molecule has 4 nitrogen and oxygen atoms in total. The van der Waals surface area contributed by atoms with E-state index in [0.29, 0.717) is 17.0 Å². The van der Waals surface area contributed by atoms with Crippen LogP contribution in [0.1, 0.15) is 27.0 Å². The van der Waals surface area contributed by atoms with Crippen LogP contribution in [0.25, 0.3) is 0 Å². The molecule has 0 saturated heterocycles. The Bertz CT molecular complexity index is 1030. The molecular formula is C23H21ClFNO3. The van der Waals surface area contributed by atoms with E-state index in [4.69, 9.17) is 21.1 Å². The first-order valence-electron chi connectivity index (χ1n) is 9.00. The first-order chi connectivity index (χ1) is 13.9. The summed E-state index contributed by atoms with van der Waals surface area (Å²) in [6.45, 7) is 4.26. The van der Waals surface area contributed by atoms with Crippen LogP contribution in [-0.2, 0) is 6.61 Å². The van der Waals surface area contributed by atoms with E-state index in [2.05, 4.69) is 11.4 Å². The third-order valence-electron chi connectivity index (χ3n) is 4.31. The van der Waals surface area contributed by atoms with Crippen LogP contribution in [0.2, 0.25) is 5.02 Å². The lowest BCUT2D eigenvalue weighted by Gasteiger charge is -2.13. The van der Waals surface area contributed by atoms with E-state index in [0.717, 1.165) is 22.4 Å². The maximum absolute atomic E-state index is 13.3. The quantitative estimate of drug-likeness (QED) is 0.544. The van der Waals surface area contributed by atoms with E-state index in [-0.39, 0.29) is 17.5 Å². The molecule has 1 N–H and O–H groups in total. The lowest BCUT2D eigenvalue weighted by Crippen LogP contribution is -2.13. The number of carbonyl (C=O) groups is 1. The second-order valence-electron chi connectivity index (χ2n) is 6.72. The molecule has 6 heteroatoms. The monoisotopic (exact) mass is 413 g/mol. The number of rotatable bonds is 6. The van der Waals surface area contributed by atoms with Crippen molar-refractivity contribution in [2.24, 2.45) is 0 Å². The van der Waals surface area contributed by atoms with Gasteiger partial charge in [-0.15, -0.1) is 0 Å². The van der Waals surface area contributed by atoms with Crippen molar-refractivity contribution in [3.63, 3.8) is 0 Å². The highest BCUT2D eigenvalue weighted by atomic mass is 35.5. The highest BCUT2D eigenvalue weighted by molar-refractivity contribution is 6.31. The second-order valence-corrected chi connectivity index (χ2v) is 7.13. The third kappa shape index (κ3) is 5.27. The fourth-order valence-corrected chi connectivity index (χ4v) is 3.17. The van der Waals surface area contributed by atoms with Crippen molar-refractivity contribution in [3.05, 3.63) is 87.7 Å². The maximum atomic E-state index is 13.3. The summed E-state index contributed by atoms with van der Waals surface area (Å²) in [5.41, 5.74) is 3.78. The molecule has 0 unspecified atom stereocenters. The van der Waals surface area contributed by atoms with Gasteiger partial charge in [-0.25, -0.2) is 4.39 Å². The van der Waals surface area contributed by atoms with Gasteiger partial charge >= 0.3 is 0 Å². The normalized spacial score (nSPS) is 10.5. The molecule has 1 amide bonds. The fourth-order valence-electron chi connectivity index (χ4n) is 2.99. The average Bonchev–Trinajstić information content (AvgIpc) is 2.68. The van der Waals surface area contributed by atoms with Gasteiger partial charge < -0.3 is 14.8 Å². The summed E-state index contributed by atoms with van der Waals surface area (Å²) in [7, 11) is 1.57. The molecular weight excluding hydrogens is 393 g/mol. The Morgan fingerprint density at radius 1 is 1.03 bits per heavy atom. The molecule has 0 saturated carbocycles. The number of benzene rings is 3. The van der Waals surface area contributed by atoms with Crippen molar-refractivity contribution in [1.29, 1.82) is 0 Å². The van der Waals surface area contributed by atoms with Crippen molar-refractivity contribution in [1.82, 2.24) is 0 Å². The number of hydrogen-bond donors (Lipinski definition) is 1. The molecule has 29 heavy (non-hydrogen) atoms. The Balaban J connectivity index is 1.78. The van der Waals surface area contributed by atoms with Crippen LogP contribution in [0.15, 0.2) is 54.6 Å². The molecule has 0 aliphatic rings. The zero-order chi connectivity index (χ0) is 21.0. The van der Waals surface area contributed by atoms with Crippen molar-refractivity contribution in [2.45, 2.75) is 20.5 Å². The van der Waals surface area contributed by atoms with Gasteiger partial charge in [0.15, 0.2) is 0 Å². The number of hydrogen-bond acceptors (Lipinski definition) is 3. The summed E-state index contributed by atoms with van der Waals surface area (Å²) in [5, 5.41) is 2.65. The van der Waals surface area contributed by atoms with Gasteiger partial charge in [-0.1, -0.05) is 17.7 Å². The minimum atomic E-state index is -0.542. The van der Waals surface area contributed by atoms with E-state index < -0.39 is 5.82 Å². The number of methoxy groups -OCH3 is 1. The van der Waals surface area contributed by atoms with Gasteiger partial charge in [0, 0.05) is 16.8 Å². The smallest absolute Gasteiger partial charge is 0.255 e. The zero-order valence-electron chi connectivity index (χ0n) is 16.4. The maximum Gasteiger partial charge on any atom is 0.255 e. The molecule has 0 radical (unpaired) electrons. The van der Waals surface area contributed by atoms with Crippen molar-refractivity contribution >= 4 is 23.2 Å². The molecule has 3 rings (SSSR count). The molecule has 0 atom stereocenters. The number of carbonyl (C=O) groups excluding carboxylic acids is 1. The third-order valence-corrected chi connectivity index (χ3v) is 4.60. The van der Waals surface area contributed by atoms with Crippen LogP contribution in [0.5, 0.6) is 11.5 Å². The minimum absolute atomic E-state index is 0.0555. The highest BCUT2D eigenvalue weighted by Gasteiger charge is 2.12. The molecule has 150 valence electrons. The first kappa shape index (κ1) is 20.7. The molecule has 3 aromatic rings. The Morgan fingerprint density at radius 2 is 1.76 bits per heavy atom. The molecule has 0 fully saturated rings. The summed E-state index contributed by atoms with van der Waals surface area (Å²) in [4.78, 5) is 12.6. The summed E-state index contributed by atoms with van der Waals surface area (Å²) >= 11 is 5.77. The van der Waals surface area contributed by atoms with Gasteiger partial charge in [0.25, 0.3) is 5.91 Å². The topological polar surface area (TPSA) is 47.6 Å². The van der Waals surface area contributed by atoms with Crippen molar-refractivity contribution < 1.29 is 18.7 Å². The van der Waals surface area contributed by atoms with Gasteiger partial charge in [-0.3, -0.25) is 4.79 Å². The Kier molecular flexibility index (Phi) is 6.39. The zero-order valence-corrected chi connectivity index (χ0v) is 17.1. The standard InChI is InChI=1S/C23H21ClFNO3/c1-14-8-15(2)10-19(9-14)29-13-17-11-16(4-7-22(17)28-3)23(27)26-18-5-6-21(25)20(24)12-18/h4-12H,13H2,1-3H3,(H,26,27). The van der Waals surface area contributed by atoms with E-state index in [1.165, 1.54) is 18.2 Å². The molecule has 3 aromatic carbocycles. The predicted molar refractivity (Wildman–Crippen MR) is 113 cm³/mol. The largest absolute Gasteiger partial charge is 0.496 e. The van der Waals surface area contributed by atoms with Gasteiger partial charge in [0.05, 0.1) is 12.1 Å². The number of amides is 1. The van der Waals surface area contributed by atoms with Crippen LogP contribution in [0, 0.1) is 19.7 Å². The molecule has 0 aliphatic carbocycles. The fraction of sp³-hybridized carbons (Fsp3) is 0.174. The molecule has 0 aliphatic heterocycles. The van der Waals surface area contributed by atoms with Crippen LogP contribution < -0.4 is 14.8 Å². The van der Waals surface area contributed by atoms with E-state index >= 15 is 0 Å². The number of nitrogens with one attached hydrogen (secondary N) is 1. The first-order valence-corrected chi connectivity index (χ1v) is 9.38. The number of halogens is 2. The summed E-state index contributed by atoms with van der Waals surface area (Å²) in [6.07, 6.45) is 0. The minimum Gasteiger partial charge on any atom is -0.496 e. The average molecular weight is 414 g/mol. The number of anilines is 1. The van der Waals surface area contributed by atoms with Crippen LogP contribution in [-0.4, -0.2) is 13.0 Å². The SMILES string of the molecule is COc1ccc(C(=O)Nc2ccc(F)c(Cl)c2)cc1COc1cc(C)cc(C)c1. The van der Waals surface area contributed by atoms with Gasteiger partial charge in [0.1, 0.15) is 23.9 Å².